The highest BCUT2D eigenvalue weighted by Gasteiger charge is 2.09. The van der Waals surface area contributed by atoms with Crippen molar-refractivity contribution >= 4 is 23.0 Å². The predicted octanol–water partition coefficient (Wildman–Crippen LogP) is 3.67. The largest absolute Gasteiger partial charge is 0.364 e. The third-order valence-electron chi connectivity index (χ3n) is 4.53. The molecule has 1 aliphatic rings. The lowest BCUT2D eigenvalue weighted by molar-refractivity contribution is 0.562. The van der Waals surface area contributed by atoms with Gasteiger partial charge in [-0.05, 0) is 41.5 Å². The Balaban J connectivity index is 1.45. The van der Waals surface area contributed by atoms with Gasteiger partial charge in [0.1, 0.15) is 0 Å². The average Bonchev–Trinajstić information content (AvgIpc) is 3.36. The molecule has 3 rings (SSSR count). The maximum atomic E-state index is 4.35. The number of anilines is 1. The van der Waals surface area contributed by atoms with Gasteiger partial charge in [0.15, 0.2) is 5.96 Å². The quantitative estimate of drug-likeness (QED) is 0.445. The molecule has 2 aromatic rings. The summed E-state index contributed by atoms with van der Waals surface area (Å²) in [6.07, 6.45) is 5.54. The SMILES string of the molecule is CN=C(NCc1cccc(N2CC=CC2)c1)NCC(C)Cc1cccs1. The van der Waals surface area contributed by atoms with Gasteiger partial charge < -0.3 is 15.5 Å². The van der Waals surface area contributed by atoms with Crippen LogP contribution in [0.25, 0.3) is 0 Å². The minimum absolute atomic E-state index is 0.568. The Morgan fingerprint density at radius 2 is 2.04 bits per heavy atom. The molecule has 1 aliphatic heterocycles. The summed E-state index contributed by atoms with van der Waals surface area (Å²) in [5.74, 6) is 1.43. The Hall–Kier alpha value is -2.27. The fourth-order valence-corrected chi connectivity index (χ4v) is 3.94. The van der Waals surface area contributed by atoms with Crippen molar-refractivity contribution in [2.45, 2.75) is 19.9 Å². The summed E-state index contributed by atoms with van der Waals surface area (Å²) in [6, 6.07) is 13.0. The van der Waals surface area contributed by atoms with E-state index in [9.17, 15) is 0 Å². The van der Waals surface area contributed by atoms with Gasteiger partial charge >= 0.3 is 0 Å². The van der Waals surface area contributed by atoms with Gasteiger partial charge in [0, 0.05) is 43.8 Å². The molecule has 1 unspecified atom stereocenters. The summed E-state index contributed by atoms with van der Waals surface area (Å²) in [5.41, 5.74) is 2.55. The molecule has 26 heavy (non-hydrogen) atoms. The lowest BCUT2D eigenvalue weighted by Gasteiger charge is -2.19. The van der Waals surface area contributed by atoms with E-state index < -0.39 is 0 Å². The summed E-state index contributed by atoms with van der Waals surface area (Å²) >= 11 is 1.83. The van der Waals surface area contributed by atoms with Crippen molar-refractivity contribution in [3.8, 4) is 0 Å². The molecular weight excluding hydrogens is 340 g/mol. The van der Waals surface area contributed by atoms with Gasteiger partial charge in [-0.1, -0.05) is 37.3 Å². The summed E-state index contributed by atoms with van der Waals surface area (Å²) < 4.78 is 0. The molecular formula is C21H28N4S. The lowest BCUT2D eigenvalue weighted by atomic mass is 10.1. The Morgan fingerprint density at radius 1 is 1.19 bits per heavy atom. The second-order valence-electron chi connectivity index (χ2n) is 6.74. The summed E-state index contributed by atoms with van der Waals surface area (Å²) in [6.45, 7) is 5.96. The normalized spacial score (nSPS) is 15.3. The molecule has 0 radical (unpaired) electrons. The van der Waals surface area contributed by atoms with Gasteiger partial charge in [-0.2, -0.15) is 0 Å². The first-order valence-corrected chi connectivity index (χ1v) is 10.1. The van der Waals surface area contributed by atoms with E-state index in [0.29, 0.717) is 5.92 Å². The topological polar surface area (TPSA) is 39.7 Å². The zero-order valence-corrected chi connectivity index (χ0v) is 16.4. The van der Waals surface area contributed by atoms with Crippen LogP contribution in [-0.2, 0) is 13.0 Å². The van der Waals surface area contributed by atoms with Crippen LogP contribution in [-0.4, -0.2) is 32.6 Å². The van der Waals surface area contributed by atoms with Crippen molar-refractivity contribution in [1.29, 1.82) is 0 Å². The van der Waals surface area contributed by atoms with Gasteiger partial charge in [0.25, 0.3) is 0 Å². The highest BCUT2D eigenvalue weighted by Crippen LogP contribution is 2.18. The number of hydrogen-bond acceptors (Lipinski definition) is 3. The molecule has 1 atom stereocenters. The maximum Gasteiger partial charge on any atom is 0.191 e. The van der Waals surface area contributed by atoms with E-state index in [2.05, 4.69) is 81.4 Å². The number of aliphatic imine (C=N–C) groups is 1. The fourth-order valence-electron chi connectivity index (χ4n) is 3.07. The molecule has 0 bridgehead atoms. The summed E-state index contributed by atoms with van der Waals surface area (Å²) in [7, 11) is 1.82. The van der Waals surface area contributed by atoms with Crippen LogP contribution >= 0.6 is 11.3 Å². The van der Waals surface area contributed by atoms with Gasteiger partial charge in [0.05, 0.1) is 0 Å². The van der Waals surface area contributed by atoms with E-state index in [1.54, 1.807) is 0 Å². The Kier molecular flexibility index (Phi) is 6.72. The van der Waals surface area contributed by atoms with E-state index >= 15 is 0 Å². The molecule has 1 aromatic carbocycles. The molecule has 138 valence electrons. The van der Waals surface area contributed by atoms with E-state index in [1.807, 2.05) is 18.4 Å². The number of benzene rings is 1. The summed E-state index contributed by atoms with van der Waals surface area (Å²) in [4.78, 5) is 8.15. The van der Waals surface area contributed by atoms with Crippen LogP contribution in [0.3, 0.4) is 0 Å². The minimum Gasteiger partial charge on any atom is -0.364 e. The smallest absolute Gasteiger partial charge is 0.191 e. The molecule has 5 heteroatoms. The van der Waals surface area contributed by atoms with Crippen LogP contribution in [0.1, 0.15) is 17.4 Å². The molecule has 0 saturated carbocycles. The average molecular weight is 369 g/mol. The van der Waals surface area contributed by atoms with Gasteiger partial charge in [-0.15, -0.1) is 11.3 Å². The van der Waals surface area contributed by atoms with Crippen molar-refractivity contribution in [3.63, 3.8) is 0 Å². The highest BCUT2D eigenvalue weighted by atomic mass is 32.1. The second-order valence-corrected chi connectivity index (χ2v) is 7.77. The van der Waals surface area contributed by atoms with E-state index in [1.165, 1.54) is 16.1 Å². The molecule has 0 aliphatic carbocycles. The van der Waals surface area contributed by atoms with E-state index in [-0.39, 0.29) is 0 Å². The van der Waals surface area contributed by atoms with E-state index in [4.69, 9.17) is 0 Å². The monoisotopic (exact) mass is 368 g/mol. The van der Waals surface area contributed by atoms with Crippen LogP contribution in [0.15, 0.2) is 58.9 Å². The predicted molar refractivity (Wildman–Crippen MR) is 113 cm³/mol. The molecule has 1 aromatic heterocycles. The fraction of sp³-hybridized carbons (Fsp3) is 0.381. The van der Waals surface area contributed by atoms with Crippen molar-refractivity contribution in [3.05, 3.63) is 64.4 Å². The number of nitrogens with zero attached hydrogens (tertiary/aromatic N) is 2. The molecule has 2 heterocycles. The molecule has 0 saturated heterocycles. The minimum atomic E-state index is 0.568. The Bertz CT molecular complexity index is 728. The van der Waals surface area contributed by atoms with Crippen LogP contribution < -0.4 is 15.5 Å². The number of nitrogens with one attached hydrogen (secondary N) is 2. The van der Waals surface area contributed by atoms with Gasteiger partial charge in [0.2, 0.25) is 0 Å². The van der Waals surface area contributed by atoms with Crippen molar-refractivity contribution < 1.29 is 0 Å². The second kappa shape index (κ2) is 9.43. The molecule has 0 spiro atoms. The maximum absolute atomic E-state index is 4.35. The molecule has 2 N–H and O–H groups in total. The zero-order chi connectivity index (χ0) is 18.2. The first kappa shape index (κ1) is 18.5. The van der Waals surface area contributed by atoms with Crippen LogP contribution in [0.5, 0.6) is 0 Å². The third-order valence-corrected chi connectivity index (χ3v) is 5.42. The number of thiophene rings is 1. The highest BCUT2D eigenvalue weighted by molar-refractivity contribution is 7.09. The van der Waals surface area contributed by atoms with Crippen molar-refractivity contribution in [1.82, 2.24) is 10.6 Å². The van der Waals surface area contributed by atoms with Gasteiger partial charge in [-0.3, -0.25) is 4.99 Å². The van der Waals surface area contributed by atoms with Crippen LogP contribution in [0.4, 0.5) is 5.69 Å². The van der Waals surface area contributed by atoms with Crippen LogP contribution in [0, 0.1) is 5.92 Å². The molecule has 0 amide bonds. The van der Waals surface area contributed by atoms with Crippen molar-refractivity contribution in [2.75, 3.05) is 31.6 Å². The Labute approximate surface area is 160 Å². The van der Waals surface area contributed by atoms with Crippen LogP contribution in [0.2, 0.25) is 0 Å². The third kappa shape index (κ3) is 5.36. The van der Waals surface area contributed by atoms with Crippen molar-refractivity contribution in [2.24, 2.45) is 10.9 Å². The van der Waals surface area contributed by atoms with Gasteiger partial charge in [-0.25, -0.2) is 0 Å². The standard InChI is InChI=1S/C21H28N4S/c1-17(13-20-9-6-12-26-20)15-23-21(22-2)24-16-18-7-5-8-19(14-18)25-10-3-4-11-25/h3-9,12,14,17H,10-11,13,15-16H2,1-2H3,(H2,22,23,24). The summed E-state index contributed by atoms with van der Waals surface area (Å²) in [5, 5.41) is 9.01. The lowest BCUT2D eigenvalue weighted by Crippen LogP contribution is -2.39. The first-order chi connectivity index (χ1) is 12.7. The molecule has 4 nitrogen and oxygen atoms in total. The molecule has 0 fully saturated rings. The number of rotatable bonds is 7. The first-order valence-electron chi connectivity index (χ1n) is 9.20. The number of guanidine groups is 1. The number of hydrogen-bond donors (Lipinski definition) is 2. The Morgan fingerprint density at radius 3 is 2.77 bits per heavy atom. The van der Waals surface area contributed by atoms with E-state index in [0.717, 1.165) is 38.6 Å². The zero-order valence-electron chi connectivity index (χ0n) is 15.6.